The van der Waals surface area contributed by atoms with Crippen LogP contribution in [0.25, 0.3) is 10.2 Å². The highest BCUT2D eigenvalue weighted by Crippen LogP contribution is 2.27. The van der Waals surface area contributed by atoms with Crippen molar-refractivity contribution in [3.63, 3.8) is 0 Å². The van der Waals surface area contributed by atoms with Crippen LogP contribution >= 0.6 is 39.9 Å². The summed E-state index contributed by atoms with van der Waals surface area (Å²) in [4.78, 5) is 9.41. The highest BCUT2D eigenvalue weighted by atomic mass is 79.9. The molecule has 1 atom stereocenters. The van der Waals surface area contributed by atoms with E-state index in [1.807, 2.05) is 12.1 Å². The van der Waals surface area contributed by atoms with Crippen molar-refractivity contribution in [2.24, 2.45) is 5.73 Å². The van der Waals surface area contributed by atoms with Gasteiger partial charge in [0.15, 0.2) is 0 Å². The van der Waals surface area contributed by atoms with Gasteiger partial charge >= 0.3 is 0 Å². The van der Waals surface area contributed by atoms with Gasteiger partial charge in [-0.05, 0) is 35.9 Å². The number of benzene rings is 2. The number of nitrogens with two attached hydrogens (primary N) is 1. The number of piperazine rings is 1. The van der Waals surface area contributed by atoms with Crippen LogP contribution < -0.4 is 5.73 Å². The van der Waals surface area contributed by atoms with Gasteiger partial charge in [-0.25, -0.2) is 9.37 Å². The fraction of sp³-hybridized carbons (Fsp3) is 0.350. The van der Waals surface area contributed by atoms with Crippen LogP contribution in [0.5, 0.6) is 0 Å². The second-order valence-electron chi connectivity index (χ2n) is 6.97. The molecule has 2 N–H and O–H groups in total. The Morgan fingerprint density at radius 3 is 2.46 bits per heavy atom. The Bertz CT molecular complexity index is 912. The summed E-state index contributed by atoms with van der Waals surface area (Å²) >= 11 is 7.44. The normalized spacial score (nSPS) is 16.8. The Hall–Kier alpha value is -1.09. The maximum absolute atomic E-state index is 13.4. The quantitative estimate of drug-likeness (QED) is 0.579. The molecule has 0 radical (unpaired) electrons. The van der Waals surface area contributed by atoms with Gasteiger partial charge < -0.3 is 5.73 Å². The number of rotatable bonds is 5. The second kappa shape index (κ2) is 9.61. The van der Waals surface area contributed by atoms with Crippen molar-refractivity contribution in [2.45, 2.75) is 12.6 Å². The van der Waals surface area contributed by atoms with E-state index in [0.29, 0.717) is 0 Å². The van der Waals surface area contributed by atoms with E-state index in [1.165, 1.54) is 29.0 Å². The number of hydrogen-bond donors (Lipinski definition) is 1. The van der Waals surface area contributed by atoms with Crippen LogP contribution in [0.4, 0.5) is 4.39 Å². The zero-order valence-electron chi connectivity index (χ0n) is 15.4. The molecule has 4 nitrogen and oxygen atoms in total. The van der Waals surface area contributed by atoms with Gasteiger partial charge in [0.2, 0.25) is 0 Å². The molecule has 1 unspecified atom stereocenters. The van der Waals surface area contributed by atoms with Gasteiger partial charge in [0.25, 0.3) is 0 Å². The third-order valence-corrected chi connectivity index (χ3v) is 6.33. The SMILES string of the molecule is Br.NC(CN1CCN(Cc2ccc(Cl)cc2)CC1)c1nc2ccc(F)cc2s1. The molecule has 1 fully saturated rings. The first kappa shape index (κ1) is 21.6. The number of aromatic nitrogens is 1. The first-order valence-corrected chi connectivity index (χ1v) is 10.3. The van der Waals surface area contributed by atoms with Gasteiger partial charge in [0.05, 0.1) is 16.3 Å². The zero-order valence-corrected chi connectivity index (χ0v) is 18.6. The van der Waals surface area contributed by atoms with Crippen molar-refractivity contribution >= 4 is 50.1 Å². The minimum absolute atomic E-state index is 0. The molecule has 1 aliphatic rings. The lowest BCUT2D eigenvalue weighted by Crippen LogP contribution is -2.47. The van der Waals surface area contributed by atoms with Gasteiger partial charge in [-0.3, -0.25) is 9.80 Å². The summed E-state index contributed by atoms with van der Waals surface area (Å²) in [5, 5.41) is 1.65. The third kappa shape index (κ3) is 5.28. The topological polar surface area (TPSA) is 45.4 Å². The van der Waals surface area contributed by atoms with Crippen LogP contribution in [-0.2, 0) is 6.54 Å². The average molecular weight is 486 g/mol. The summed E-state index contributed by atoms with van der Waals surface area (Å²) in [6.45, 7) is 5.72. The summed E-state index contributed by atoms with van der Waals surface area (Å²) in [6.07, 6.45) is 0. The van der Waals surface area contributed by atoms with E-state index in [4.69, 9.17) is 17.3 Å². The summed E-state index contributed by atoms with van der Waals surface area (Å²) in [7, 11) is 0. The lowest BCUT2D eigenvalue weighted by atomic mass is 10.2. The first-order chi connectivity index (χ1) is 13.1. The Morgan fingerprint density at radius 2 is 1.75 bits per heavy atom. The highest BCUT2D eigenvalue weighted by molar-refractivity contribution is 8.93. The Morgan fingerprint density at radius 1 is 1.07 bits per heavy atom. The predicted octanol–water partition coefficient (Wildman–Crippen LogP) is 4.48. The average Bonchev–Trinajstić information content (AvgIpc) is 3.08. The Balaban J connectivity index is 0.00000225. The molecule has 8 heteroatoms. The molecule has 3 aromatic rings. The van der Waals surface area contributed by atoms with Gasteiger partial charge in [-0.1, -0.05) is 23.7 Å². The van der Waals surface area contributed by atoms with Crippen LogP contribution in [0.3, 0.4) is 0 Å². The molecule has 0 aliphatic carbocycles. The van der Waals surface area contributed by atoms with Crippen LogP contribution in [0, 0.1) is 5.82 Å². The molecule has 2 heterocycles. The van der Waals surface area contributed by atoms with Crippen LogP contribution in [0.15, 0.2) is 42.5 Å². The molecule has 1 aromatic heterocycles. The molecule has 1 saturated heterocycles. The van der Waals surface area contributed by atoms with E-state index in [9.17, 15) is 4.39 Å². The molecule has 1 aliphatic heterocycles. The maximum atomic E-state index is 13.4. The van der Waals surface area contributed by atoms with E-state index in [0.717, 1.165) is 59.5 Å². The van der Waals surface area contributed by atoms with Crippen molar-refractivity contribution in [1.29, 1.82) is 0 Å². The number of hydrogen-bond acceptors (Lipinski definition) is 5. The van der Waals surface area contributed by atoms with Crippen molar-refractivity contribution in [3.8, 4) is 0 Å². The molecular weight excluding hydrogens is 463 g/mol. The fourth-order valence-electron chi connectivity index (χ4n) is 3.41. The van der Waals surface area contributed by atoms with Gasteiger partial charge in [0, 0.05) is 44.3 Å². The number of fused-ring (bicyclic) bond motifs is 1. The van der Waals surface area contributed by atoms with E-state index >= 15 is 0 Å². The van der Waals surface area contributed by atoms with Crippen molar-refractivity contribution in [3.05, 3.63) is 63.9 Å². The standard InChI is InChI=1S/C20H22ClFN4S.BrH/c21-15-3-1-14(2-4-15)12-25-7-9-26(10-8-25)13-17(23)20-24-18-6-5-16(22)11-19(18)27-20;/h1-6,11,17H,7-10,12-13,23H2;1H. The van der Waals surface area contributed by atoms with Crippen LogP contribution in [-0.4, -0.2) is 47.5 Å². The lowest BCUT2D eigenvalue weighted by molar-refractivity contribution is 0.122. The Kier molecular flexibility index (Phi) is 7.42. The van der Waals surface area contributed by atoms with E-state index < -0.39 is 0 Å². The van der Waals surface area contributed by atoms with Crippen LogP contribution in [0.1, 0.15) is 16.6 Å². The van der Waals surface area contributed by atoms with Crippen LogP contribution in [0.2, 0.25) is 5.02 Å². The molecule has 0 spiro atoms. The molecule has 0 amide bonds. The van der Waals surface area contributed by atoms with Gasteiger partial charge in [-0.2, -0.15) is 0 Å². The van der Waals surface area contributed by atoms with Crippen molar-refractivity contribution in [2.75, 3.05) is 32.7 Å². The fourth-order valence-corrected chi connectivity index (χ4v) is 4.52. The molecule has 28 heavy (non-hydrogen) atoms. The highest BCUT2D eigenvalue weighted by Gasteiger charge is 2.21. The summed E-state index contributed by atoms with van der Waals surface area (Å²) in [5.41, 5.74) is 8.49. The predicted molar refractivity (Wildman–Crippen MR) is 120 cm³/mol. The molecule has 4 rings (SSSR count). The third-order valence-electron chi connectivity index (χ3n) is 4.92. The van der Waals surface area contributed by atoms with Gasteiger partial charge in [-0.15, -0.1) is 28.3 Å². The maximum Gasteiger partial charge on any atom is 0.124 e. The van der Waals surface area contributed by atoms with Crippen molar-refractivity contribution in [1.82, 2.24) is 14.8 Å². The van der Waals surface area contributed by atoms with E-state index in [-0.39, 0.29) is 28.8 Å². The number of nitrogens with zero attached hydrogens (tertiary/aromatic N) is 3. The number of halogens is 3. The van der Waals surface area contributed by atoms with E-state index in [1.54, 1.807) is 6.07 Å². The molecule has 150 valence electrons. The minimum Gasteiger partial charge on any atom is -0.321 e. The van der Waals surface area contributed by atoms with E-state index in [2.05, 4.69) is 26.9 Å². The first-order valence-electron chi connectivity index (χ1n) is 9.07. The molecule has 0 saturated carbocycles. The summed E-state index contributed by atoms with van der Waals surface area (Å²) in [5.74, 6) is -0.233. The summed E-state index contributed by atoms with van der Waals surface area (Å²) in [6, 6.07) is 12.6. The lowest BCUT2D eigenvalue weighted by Gasteiger charge is -2.35. The smallest absolute Gasteiger partial charge is 0.124 e. The van der Waals surface area contributed by atoms with Crippen molar-refractivity contribution < 1.29 is 4.39 Å². The van der Waals surface area contributed by atoms with Gasteiger partial charge in [0.1, 0.15) is 10.8 Å². The molecule has 0 bridgehead atoms. The zero-order chi connectivity index (χ0) is 18.8. The number of thiazole rings is 1. The largest absolute Gasteiger partial charge is 0.321 e. The second-order valence-corrected chi connectivity index (χ2v) is 8.47. The Labute approximate surface area is 183 Å². The minimum atomic E-state index is -0.233. The molecule has 2 aromatic carbocycles. The summed E-state index contributed by atoms with van der Waals surface area (Å²) < 4.78 is 14.2. The molecular formula is C20H23BrClFN4S. The monoisotopic (exact) mass is 484 g/mol.